The van der Waals surface area contributed by atoms with Crippen molar-refractivity contribution in [1.29, 1.82) is 0 Å². The van der Waals surface area contributed by atoms with Crippen molar-refractivity contribution in [3.63, 3.8) is 0 Å². The van der Waals surface area contributed by atoms with E-state index < -0.39 is 5.97 Å². The van der Waals surface area contributed by atoms with Crippen molar-refractivity contribution >= 4 is 11.9 Å². The van der Waals surface area contributed by atoms with Gasteiger partial charge in [0, 0.05) is 25.9 Å². The quantitative estimate of drug-likeness (QED) is 0.859. The van der Waals surface area contributed by atoms with Crippen LogP contribution in [0.15, 0.2) is 4.52 Å². The molecule has 0 atom stereocenters. The van der Waals surface area contributed by atoms with Gasteiger partial charge in [-0.3, -0.25) is 9.59 Å². The number of likely N-dealkylation sites (tertiary alicyclic amines) is 1. The number of aliphatic carboxylic acids is 1. The molecule has 0 unspecified atom stereocenters. The van der Waals surface area contributed by atoms with Crippen LogP contribution in [-0.2, 0) is 16.0 Å². The number of carboxylic acid groups (broad SMARTS) is 1. The molecule has 1 N–H and O–H groups in total. The molecule has 7 heteroatoms. The molecule has 1 aliphatic heterocycles. The van der Waals surface area contributed by atoms with Gasteiger partial charge in [0.05, 0.1) is 5.92 Å². The second-order valence-electron chi connectivity index (χ2n) is 4.73. The zero-order valence-corrected chi connectivity index (χ0v) is 10.8. The highest BCUT2D eigenvalue weighted by Gasteiger charge is 2.26. The number of carbonyl (C=O) groups is 2. The van der Waals surface area contributed by atoms with Crippen LogP contribution in [0.25, 0.3) is 0 Å². The standard InChI is InChI=1S/C12H17N3O4/c1-8-13-10(19-14-8)2-3-11(16)15-6-4-9(5-7-15)12(17)18/h9H,2-7H2,1H3,(H,17,18). The maximum absolute atomic E-state index is 11.9. The maximum Gasteiger partial charge on any atom is 0.306 e. The number of rotatable bonds is 4. The van der Waals surface area contributed by atoms with Crippen LogP contribution in [-0.4, -0.2) is 45.1 Å². The van der Waals surface area contributed by atoms with Gasteiger partial charge in [-0.2, -0.15) is 4.98 Å². The van der Waals surface area contributed by atoms with E-state index in [9.17, 15) is 9.59 Å². The monoisotopic (exact) mass is 267 g/mol. The highest BCUT2D eigenvalue weighted by Crippen LogP contribution is 2.18. The summed E-state index contributed by atoms with van der Waals surface area (Å²) in [5.74, 6) is -0.0493. The average molecular weight is 267 g/mol. The highest BCUT2D eigenvalue weighted by molar-refractivity contribution is 5.77. The molecule has 1 saturated heterocycles. The number of hydrogen-bond donors (Lipinski definition) is 1. The molecule has 0 aliphatic carbocycles. The fourth-order valence-electron chi connectivity index (χ4n) is 2.19. The van der Waals surface area contributed by atoms with E-state index in [1.165, 1.54) is 0 Å². The fraction of sp³-hybridized carbons (Fsp3) is 0.667. The number of amides is 1. The van der Waals surface area contributed by atoms with Crippen LogP contribution in [0.2, 0.25) is 0 Å². The summed E-state index contributed by atoms with van der Waals surface area (Å²) in [5.41, 5.74) is 0. The predicted octanol–water partition coefficient (Wildman–Crippen LogP) is 0.634. The molecular weight excluding hydrogens is 250 g/mol. The SMILES string of the molecule is Cc1noc(CCC(=O)N2CCC(C(=O)O)CC2)n1. The first-order valence-electron chi connectivity index (χ1n) is 6.36. The van der Waals surface area contributed by atoms with Gasteiger partial charge in [0.1, 0.15) is 0 Å². The topological polar surface area (TPSA) is 96.5 Å². The molecule has 2 rings (SSSR count). The Kier molecular flexibility index (Phi) is 4.13. The lowest BCUT2D eigenvalue weighted by atomic mass is 9.97. The largest absolute Gasteiger partial charge is 0.481 e. The second kappa shape index (κ2) is 5.81. The first-order valence-corrected chi connectivity index (χ1v) is 6.36. The molecular formula is C12H17N3O4. The highest BCUT2D eigenvalue weighted by atomic mass is 16.5. The molecule has 7 nitrogen and oxygen atoms in total. The minimum Gasteiger partial charge on any atom is -0.481 e. The minimum absolute atomic E-state index is 0.0136. The van der Waals surface area contributed by atoms with Crippen LogP contribution in [0, 0.1) is 12.8 Å². The van der Waals surface area contributed by atoms with Crippen LogP contribution in [0.5, 0.6) is 0 Å². The zero-order chi connectivity index (χ0) is 13.8. The summed E-state index contributed by atoms with van der Waals surface area (Å²) in [6.45, 7) is 2.75. The number of hydrogen-bond acceptors (Lipinski definition) is 5. The Hall–Kier alpha value is -1.92. The minimum atomic E-state index is -0.770. The fourth-order valence-corrected chi connectivity index (χ4v) is 2.19. The van der Waals surface area contributed by atoms with Crippen molar-refractivity contribution < 1.29 is 19.2 Å². The molecule has 0 aromatic carbocycles. The van der Waals surface area contributed by atoms with Gasteiger partial charge in [0.15, 0.2) is 5.82 Å². The Bertz CT molecular complexity index is 463. The third kappa shape index (κ3) is 3.52. The van der Waals surface area contributed by atoms with E-state index >= 15 is 0 Å². The van der Waals surface area contributed by atoms with Crippen molar-refractivity contribution in [2.24, 2.45) is 5.92 Å². The summed E-state index contributed by atoms with van der Waals surface area (Å²) < 4.78 is 4.94. The van der Waals surface area contributed by atoms with Crippen molar-refractivity contribution in [3.8, 4) is 0 Å². The molecule has 19 heavy (non-hydrogen) atoms. The summed E-state index contributed by atoms with van der Waals surface area (Å²) in [6, 6.07) is 0. The van der Waals surface area contributed by atoms with Crippen LogP contribution in [0.1, 0.15) is 31.0 Å². The summed E-state index contributed by atoms with van der Waals surface area (Å²) >= 11 is 0. The lowest BCUT2D eigenvalue weighted by molar-refractivity contribution is -0.145. The molecule has 1 fully saturated rings. The summed E-state index contributed by atoms with van der Waals surface area (Å²) in [6.07, 6.45) is 1.80. The van der Waals surface area contributed by atoms with E-state index in [1.54, 1.807) is 11.8 Å². The Morgan fingerprint density at radius 3 is 2.63 bits per heavy atom. The molecule has 2 heterocycles. The van der Waals surface area contributed by atoms with E-state index in [0.717, 1.165) is 0 Å². The molecule has 1 amide bonds. The van der Waals surface area contributed by atoms with Gasteiger partial charge in [-0.25, -0.2) is 0 Å². The average Bonchev–Trinajstić information content (AvgIpc) is 2.82. The molecule has 0 radical (unpaired) electrons. The van der Waals surface area contributed by atoms with Gasteiger partial charge in [-0.15, -0.1) is 0 Å². The second-order valence-corrected chi connectivity index (χ2v) is 4.73. The zero-order valence-electron chi connectivity index (χ0n) is 10.8. The van der Waals surface area contributed by atoms with Gasteiger partial charge in [-0.1, -0.05) is 5.16 Å². The van der Waals surface area contributed by atoms with Crippen molar-refractivity contribution in [1.82, 2.24) is 15.0 Å². The van der Waals surface area contributed by atoms with Crippen LogP contribution in [0.3, 0.4) is 0 Å². The van der Waals surface area contributed by atoms with Gasteiger partial charge >= 0.3 is 5.97 Å². The van der Waals surface area contributed by atoms with E-state index in [1.807, 2.05) is 0 Å². The third-order valence-electron chi connectivity index (χ3n) is 3.32. The van der Waals surface area contributed by atoms with Gasteiger partial charge < -0.3 is 14.5 Å². The number of carboxylic acids is 1. The summed E-state index contributed by atoms with van der Waals surface area (Å²) in [5, 5.41) is 12.5. The van der Waals surface area contributed by atoms with E-state index in [0.29, 0.717) is 50.5 Å². The van der Waals surface area contributed by atoms with Crippen LogP contribution >= 0.6 is 0 Å². The number of aromatic nitrogens is 2. The predicted molar refractivity (Wildman–Crippen MR) is 64.3 cm³/mol. The Labute approximate surface area is 110 Å². The van der Waals surface area contributed by atoms with Crippen molar-refractivity contribution in [2.45, 2.75) is 32.6 Å². The Morgan fingerprint density at radius 1 is 1.42 bits per heavy atom. The first kappa shape index (κ1) is 13.5. The lowest BCUT2D eigenvalue weighted by Crippen LogP contribution is -2.40. The first-order chi connectivity index (χ1) is 9.06. The molecule has 0 saturated carbocycles. The number of aryl methyl sites for hydroxylation is 2. The molecule has 1 aromatic rings. The maximum atomic E-state index is 11.9. The summed E-state index contributed by atoms with van der Waals surface area (Å²) in [7, 11) is 0. The molecule has 104 valence electrons. The molecule has 0 spiro atoms. The van der Waals surface area contributed by atoms with Crippen molar-refractivity contribution in [3.05, 3.63) is 11.7 Å². The Balaban J connectivity index is 1.77. The van der Waals surface area contributed by atoms with Gasteiger partial charge in [-0.05, 0) is 19.8 Å². The van der Waals surface area contributed by atoms with E-state index in [2.05, 4.69) is 10.1 Å². The molecule has 1 aromatic heterocycles. The molecule has 0 bridgehead atoms. The number of piperidine rings is 1. The van der Waals surface area contributed by atoms with Gasteiger partial charge in [0.25, 0.3) is 0 Å². The lowest BCUT2D eigenvalue weighted by Gasteiger charge is -2.30. The Morgan fingerprint density at radius 2 is 2.11 bits per heavy atom. The van der Waals surface area contributed by atoms with E-state index in [4.69, 9.17) is 9.63 Å². The smallest absolute Gasteiger partial charge is 0.306 e. The molecule has 1 aliphatic rings. The van der Waals surface area contributed by atoms with E-state index in [-0.39, 0.29) is 11.8 Å². The normalized spacial score (nSPS) is 16.6. The number of carbonyl (C=O) groups excluding carboxylic acids is 1. The van der Waals surface area contributed by atoms with Crippen molar-refractivity contribution in [2.75, 3.05) is 13.1 Å². The number of nitrogens with zero attached hydrogens (tertiary/aromatic N) is 3. The van der Waals surface area contributed by atoms with Crippen LogP contribution in [0.4, 0.5) is 0 Å². The van der Waals surface area contributed by atoms with Gasteiger partial charge in [0.2, 0.25) is 11.8 Å². The summed E-state index contributed by atoms with van der Waals surface area (Å²) in [4.78, 5) is 28.5. The third-order valence-corrected chi connectivity index (χ3v) is 3.32. The van der Waals surface area contributed by atoms with Crippen LogP contribution < -0.4 is 0 Å².